The van der Waals surface area contributed by atoms with Crippen LogP contribution in [0.1, 0.15) is 11.3 Å². The summed E-state index contributed by atoms with van der Waals surface area (Å²) in [6.45, 7) is 3.54. The van der Waals surface area contributed by atoms with Crippen LogP contribution in [0, 0.1) is 13.8 Å². The van der Waals surface area contributed by atoms with Gasteiger partial charge in [0.25, 0.3) is 0 Å². The summed E-state index contributed by atoms with van der Waals surface area (Å²) >= 11 is 6.05. The molecule has 0 aliphatic carbocycles. The molecule has 0 amide bonds. The number of rotatable bonds is 0. The van der Waals surface area contributed by atoms with Crippen LogP contribution in [0.3, 0.4) is 0 Å². The molecule has 0 radical (unpaired) electrons. The number of fused-ring (bicyclic) bond motifs is 3. The van der Waals surface area contributed by atoms with Gasteiger partial charge in [0.15, 0.2) is 5.58 Å². The zero-order chi connectivity index (χ0) is 12.2. The molecular weight excluding hydrogens is 242 g/mol. The van der Waals surface area contributed by atoms with Gasteiger partial charge in [-0.05, 0) is 31.5 Å². The molecule has 3 aromatic rings. The fraction of sp³-hybridized carbons (Fsp3) is 0.167. The summed E-state index contributed by atoms with van der Waals surface area (Å²) < 4.78 is 10.4. The maximum absolute atomic E-state index is 11.8. The van der Waals surface area contributed by atoms with Gasteiger partial charge < -0.3 is 8.94 Å². The van der Waals surface area contributed by atoms with Crippen molar-refractivity contribution >= 4 is 33.5 Å². The lowest BCUT2D eigenvalue weighted by Crippen LogP contribution is -1.99. The maximum atomic E-state index is 11.8. The van der Waals surface area contributed by atoms with E-state index < -0.39 is 5.63 Å². The Labute approximate surface area is 101 Å². The second-order valence-electron chi connectivity index (χ2n) is 3.96. The van der Waals surface area contributed by atoms with Crippen molar-refractivity contribution in [1.82, 2.24) is 5.16 Å². The van der Waals surface area contributed by atoms with Crippen LogP contribution in [-0.4, -0.2) is 5.16 Å². The molecule has 1 aromatic carbocycles. The number of halogens is 1. The number of hydrogen-bond donors (Lipinski definition) is 0. The van der Waals surface area contributed by atoms with E-state index in [1.165, 1.54) is 0 Å². The number of benzene rings is 1. The average molecular weight is 250 g/mol. The third-order valence-corrected chi connectivity index (χ3v) is 3.18. The number of aromatic nitrogens is 1. The van der Waals surface area contributed by atoms with Crippen LogP contribution in [-0.2, 0) is 0 Å². The van der Waals surface area contributed by atoms with Gasteiger partial charge in [0, 0.05) is 5.02 Å². The molecule has 0 fully saturated rings. The predicted molar refractivity (Wildman–Crippen MR) is 64.5 cm³/mol. The lowest BCUT2D eigenvalue weighted by atomic mass is 10.1. The fourth-order valence-corrected chi connectivity index (χ4v) is 2.03. The molecule has 86 valence electrons. The summed E-state index contributed by atoms with van der Waals surface area (Å²) in [4.78, 5) is 11.8. The maximum Gasteiger partial charge on any atom is 0.349 e. The molecule has 0 saturated carbocycles. The summed E-state index contributed by atoms with van der Waals surface area (Å²) in [5.74, 6) is 0. The molecule has 0 aliphatic heterocycles. The van der Waals surface area contributed by atoms with Crippen molar-refractivity contribution in [2.24, 2.45) is 0 Å². The molecule has 2 aromatic heterocycles. The first-order valence-corrected chi connectivity index (χ1v) is 5.44. The van der Waals surface area contributed by atoms with Crippen LogP contribution in [0.5, 0.6) is 0 Å². The lowest BCUT2D eigenvalue weighted by Gasteiger charge is -2.00. The molecule has 17 heavy (non-hydrogen) atoms. The van der Waals surface area contributed by atoms with Gasteiger partial charge in [0.1, 0.15) is 11.0 Å². The SMILES string of the molecule is Cc1cc2oc(=O)c3c(C)noc3c2cc1Cl. The third kappa shape index (κ3) is 1.37. The Morgan fingerprint density at radius 2 is 2.06 bits per heavy atom. The molecule has 0 aliphatic rings. The Bertz CT molecular complexity index is 801. The van der Waals surface area contributed by atoms with Crippen molar-refractivity contribution in [2.45, 2.75) is 13.8 Å². The van der Waals surface area contributed by atoms with E-state index in [1.54, 1.807) is 19.1 Å². The summed E-state index contributed by atoms with van der Waals surface area (Å²) in [5.41, 5.74) is 1.81. The van der Waals surface area contributed by atoms with Crippen molar-refractivity contribution in [3.63, 3.8) is 0 Å². The van der Waals surface area contributed by atoms with Crippen LogP contribution in [0.4, 0.5) is 0 Å². The molecule has 0 N–H and O–H groups in total. The molecule has 5 heteroatoms. The minimum Gasteiger partial charge on any atom is -0.422 e. The van der Waals surface area contributed by atoms with Crippen molar-refractivity contribution in [3.05, 3.63) is 38.8 Å². The molecule has 0 unspecified atom stereocenters. The van der Waals surface area contributed by atoms with Gasteiger partial charge >= 0.3 is 5.63 Å². The van der Waals surface area contributed by atoms with E-state index in [0.29, 0.717) is 32.7 Å². The highest BCUT2D eigenvalue weighted by atomic mass is 35.5. The second-order valence-corrected chi connectivity index (χ2v) is 4.37. The molecule has 2 heterocycles. The van der Waals surface area contributed by atoms with E-state index in [1.807, 2.05) is 6.92 Å². The average Bonchev–Trinajstić information content (AvgIpc) is 2.65. The van der Waals surface area contributed by atoms with Gasteiger partial charge in [-0.3, -0.25) is 0 Å². The topological polar surface area (TPSA) is 56.2 Å². The highest BCUT2D eigenvalue weighted by Crippen LogP contribution is 2.29. The fourth-order valence-electron chi connectivity index (χ4n) is 1.86. The first-order valence-electron chi connectivity index (χ1n) is 5.07. The first kappa shape index (κ1) is 10.4. The van der Waals surface area contributed by atoms with E-state index in [0.717, 1.165) is 5.56 Å². The third-order valence-electron chi connectivity index (χ3n) is 2.77. The standard InChI is InChI=1S/C12H8ClNO3/c1-5-3-9-7(4-8(5)13)11-10(12(15)16-9)6(2)14-17-11/h3-4H,1-2H3. The monoisotopic (exact) mass is 249 g/mol. The Balaban J connectivity index is 2.64. The van der Waals surface area contributed by atoms with E-state index in [-0.39, 0.29) is 0 Å². The molecule has 0 spiro atoms. The summed E-state index contributed by atoms with van der Waals surface area (Å²) in [7, 11) is 0. The zero-order valence-electron chi connectivity index (χ0n) is 9.20. The van der Waals surface area contributed by atoms with Crippen LogP contribution in [0.2, 0.25) is 5.02 Å². The smallest absolute Gasteiger partial charge is 0.349 e. The molecule has 0 saturated heterocycles. The van der Waals surface area contributed by atoms with Gasteiger partial charge in [0.05, 0.1) is 11.1 Å². The van der Waals surface area contributed by atoms with Crippen LogP contribution in [0.15, 0.2) is 25.9 Å². The Morgan fingerprint density at radius 1 is 1.29 bits per heavy atom. The van der Waals surface area contributed by atoms with Crippen LogP contribution in [0.25, 0.3) is 21.9 Å². The highest BCUT2D eigenvalue weighted by Gasteiger charge is 2.15. The predicted octanol–water partition coefficient (Wildman–Crippen LogP) is 3.20. The zero-order valence-corrected chi connectivity index (χ0v) is 9.96. The number of aryl methyl sites for hydroxylation is 2. The Hall–Kier alpha value is -1.81. The largest absolute Gasteiger partial charge is 0.422 e. The van der Waals surface area contributed by atoms with Crippen molar-refractivity contribution in [3.8, 4) is 0 Å². The van der Waals surface area contributed by atoms with Crippen molar-refractivity contribution in [2.75, 3.05) is 0 Å². The highest BCUT2D eigenvalue weighted by molar-refractivity contribution is 6.32. The van der Waals surface area contributed by atoms with Gasteiger partial charge in [0.2, 0.25) is 0 Å². The van der Waals surface area contributed by atoms with Crippen molar-refractivity contribution < 1.29 is 8.94 Å². The Morgan fingerprint density at radius 3 is 2.82 bits per heavy atom. The molecular formula is C12H8ClNO3. The van der Waals surface area contributed by atoms with E-state index in [4.69, 9.17) is 20.5 Å². The molecule has 0 bridgehead atoms. The number of hydrogen-bond acceptors (Lipinski definition) is 4. The molecule has 4 nitrogen and oxygen atoms in total. The van der Waals surface area contributed by atoms with Gasteiger partial charge in [-0.2, -0.15) is 0 Å². The normalized spacial score (nSPS) is 11.5. The minimum atomic E-state index is -0.437. The quantitative estimate of drug-likeness (QED) is 0.574. The van der Waals surface area contributed by atoms with Crippen molar-refractivity contribution in [1.29, 1.82) is 0 Å². The van der Waals surface area contributed by atoms with Gasteiger partial charge in [-0.1, -0.05) is 16.8 Å². The molecule has 0 atom stereocenters. The summed E-state index contributed by atoms with van der Waals surface area (Å²) in [6.07, 6.45) is 0. The first-order chi connectivity index (χ1) is 8.08. The number of nitrogens with zero attached hydrogens (tertiary/aromatic N) is 1. The Kier molecular flexibility index (Phi) is 2.03. The molecule has 3 rings (SSSR count). The van der Waals surface area contributed by atoms with Gasteiger partial charge in [-0.15, -0.1) is 0 Å². The minimum absolute atomic E-state index is 0.373. The second kappa shape index (κ2) is 3.34. The van der Waals surface area contributed by atoms with E-state index in [9.17, 15) is 4.79 Å². The van der Waals surface area contributed by atoms with Crippen LogP contribution >= 0.6 is 11.6 Å². The summed E-state index contributed by atoms with van der Waals surface area (Å²) in [6, 6.07) is 3.44. The van der Waals surface area contributed by atoms with Crippen LogP contribution < -0.4 is 5.63 Å². The van der Waals surface area contributed by atoms with E-state index in [2.05, 4.69) is 5.16 Å². The lowest BCUT2D eigenvalue weighted by molar-refractivity contribution is 0.451. The van der Waals surface area contributed by atoms with Gasteiger partial charge in [-0.25, -0.2) is 4.79 Å². The summed E-state index contributed by atoms with van der Waals surface area (Å²) in [5, 5.41) is 5.41. The van der Waals surface area contributed by atoms with E-state index >= 15 is 0 Å².